The topological polar surface area (TPSA) is 42.9 Å². The summed E-state index contributed by atoms with van der Waals surface area (Å²) < 4.78 is 32.6. The van der Waals surface area contributed by atoms with E-state index in [1.165, 1.54) is 23.6 Å². The Bertz CT molecular complexity index is 586. The number of carbonyl (C=O) groups excluding carboxylic acids is 1. The number of halogens is 2. The molecule has 98 valence electrons. The molecule has 1 saturated heterocycles. The molecule has 5 heteroatoms. The van der Waals surface area contributed by atoms with Crippen molar-refractivity contribution in [3.63, 3.8) is 0 Å². The second kappa shape index (κ2) is 4.36. The summed E-state index contributed by atoms with van der Waals surface area (Å²) in [5, 5.41) is 1.18. The van der Waals surface area contributed by atoms with Gasteiger partial charge in [0.25, 0.3) is 0 Å². The van der Waals surface area contributed by atoms with Crippen LogP contribution in [0.4, 0.5) is 8.78 Å². The van der Waals surface area contributed by atoms with Gasteiger partial charge in [0.2, 0.25) is 5.83 Å². The fraction of sp³-hybridized carbons (Fsp3) is 0.214. The smallest absolute Gasteiger partial charge is 0.365 e. The van der Waals surface area contributed by atoms with E-state index in [4.69, 9.17) is 4.74 Å². The maximum absolute atomic E-state index is 14.0. The molecule has 0 radical (unpaired) electrons. The standard InChI is InChI=1S/C14H11F2NO2/c15-10-3-1-9(2-4-10)14(6-8-19-14)11-5-7-17-13(18)12(11)16/h1-5,7H,6,8H2,(H,17,18)/p+1. The van der Waals surface area contributed by atoms with Crippen molar-refractivity contribution in [3.8, 4) is 0 Å². The highest BCUT2D eigenvalue weighted by Crippen LogP contribution is 2.46. The molecule has 0 bridgehead atoms. The van der Waals surface area contributed by atoms with Gasteiger partial charge in [0.15, 0.2) is 0 Å². The predicted octanol–water partition coefficient (Wildman–Crippen LogP) is 1.28. The minimum Gasteiger partial charge on any atom is -0.365 e. The highest BCUT2D eigenvalue weighted by atomic mass is 19.1. The first-order valence-corrected chi connectivity index (χ1v) is 5.99. The normalized spacial score (nSPS) is 26.5. The van der Waals surface area contributed by atoms with Gasteiger partial charge in [0.1, 0.15) is 17.6 Å². The van der Waals surface area contributed by atoms with Crippen molar-refractivity contribution in [3.05, 3.63) is 59.3 Å². The zero-order valence-corrected chi connectivity index (χ0v) is 10.0. The number of rotatable bonds is 2. The van der Waals surface area contributed by atoms with Crippen molar-refractivity contribution in [2.45, 2.75) is 12.0 Å². The van der Waals surface area contributed by atoms with Gasteiger partial charge in [-0.25, -0.2) is 9.18 Å². The van der Waals surface area contributed by atoms with Crippen LogP contribution in [0, 0.1) is 5.82 Å². The molecule has 2 aliphatic heterocycles. The van der Waals surface area contributed by atoms with Crippen molar-refractivity contribution in [1.29, 1.82) is 0 Å². The van der Waals surface area contributed by atoms with Crippen molar-refractivity contribution in [2.75, 3.05) is 6.61 Å². The van der Waals surface area contributed by atoms with E-state index in [0.717, 1.165) is 0 Å². The van der Waals surface area contributed by atoms with Crippen molar-refractivity contribution in [2.24, 2.45) is 0 Å². The maximum Gasteiger partial charge on any atom is 0.376 e. The van der Waals surface area contributed by atoms with Crippen LogP contribution >= 0.6 is 0 Å². The summed E-state index contributed by atoms with van der Waals surface area (Å²) in [5.41, 5.74) is -0.0828. The van der Waals surface area contributed by atoms with Crippen molar-refractivity contribution < 1.29 is 23.6 Å². The lowest BCUT2D eigenvalue weighted by Gasteiger charge is -2.43. The Labute approximate surface area is 108 Å². The molecule has 0 spiro atoms. The molecule has 1 fully saturated rings. The Morgan fingerprint density at radius 3 is 2.47 bits per heavy atom. The van der Waals surface area contributed by atoms with E-state index in [1.54, 1.807) is 18.2 Å². The number of benzene rings is 1. The first kappa shape index (κ1) is 12.2. The fourth-order valence-corrected chi connectivity index (χ4v) is 2.44. The van der Waals surface area contributed by atoms with E-state index >= 15 is 0 Å². The molecular formula is C14H12F2NO2+. The Kier molecular flexibility index (Phi) is 2.80. The number of carbonyl (C=O) groups is 1. The van der Waals surface area contributed by atoms with Crippen LogP contribution in [0.25, 0.3) is 0 Å². The summed E-state index contributed by atoms with van der Waals surface area (Å²) in [6.07, 6.45) is 3.62. The number of quaternary nitrogens is 1. The first-order chi connectivity index (χ1) is 9.13. The highest BCUT2D eigenvalue weighted by Gasteiger charge is 2.47. The minimum atomic E-state index is -0.960. The van der Waals surface area contributed by atoms with Gasteiger partial charge in [0.05, 0.1) is 6.61 Å². The molecule has 3 rings (SSSR count). The highest BCUT2D eigenvalue weighted by molar-refractivity contribution is 5.86. The molecule has 0 saturated carbocycles. The molecule has 1 atom stereocenters. The van der Waals surface area contributed by atoms with E-state index in [9.17, 15) is 13.6 Å². The zero-order valence-electron chi connectivity index (χ0n) is 10.0. The van der Waals surface area contributed by atoms with Gasteiger partial charge in [-0.05, 0) is 17.7 Å². The summed E-state index contributed by atoms with van der Waals surface area (Å²) in [5.74, 6) is -1.82. The van der Waals surface area contributed by atoms with E-state index in [-0.39, 0.29) is 11.4 Å². The molecule has 2 heterocycles. The summed E-state index contributed by atoms with van der Waals surface area (Å²) in [7, 11) is 0. The SMILES string of the molecule is O=C1[NH2+]C=CC(C2(c3ccc(F)cc3)CCO2)=C1F. The molecule has 2 N–H and O–H groups in total. The van der Waals surface area contributed by atoms with Gasteiger partial charge in [-0.1, -0.05) is 12.1 Å². The van der Waals surface area contributed by atoms with E-state index < -0.39 is 17.3 Å². The van der Waals surface area contributed by atoms with Gasteiger partial charge < -0.3 is 4.74 Å². The van der Waals surface area contributed by atoms with Crippen LogP contribution in [-0.4, -0.2) is 12.5 Å². The van der Waals surface area contributed by atoms with Crippen LogP contribution in [0.15, 0.2) is 47.9 Å². The number of amides is 1. The monoisotopic (exact) mass is 264 g/mol. The summed E-state index contributed by atoms with van der Waals surface area (Å²) >= 11 is 0. The second-order valence-corrected chi connectivity index (χ2v) is 4.55. The Balaban J connectivity index is 2.09. The average Bonchev–Trinajstić information content (AvgIpc) is 2.35. The molecule has 0 aliphatic carbocycles. The number of primary amides is 1. The molecule has 1 unspecified atom stereocenters. The third kappa shape index (κ3) is 1.82. The Morgan fingerprint density at radius 2 is 1.89 bits per heavy atom. The van der Waals surface area contributed by atoms with Crippen LogP contribution in [0.2, 0.25) is 0 Å². The molecule has 2 aliphatic rings. The van der Waals surface area contributed by atoms with Crippen LogP contribution in [0.1, 0.15) is 12.0 Å². The minimum absolute atomic E-state index is 0.220. The average molecular weight is 264 g/mol. The molecule has 3 nitrogen and oxygen atoms in total. The molecule has 1 aromatic carbocycles. The lowest BCUT2D eigenvalue weighted by atomic mass is 9.78. The van der Waals surface area contributed by atoms with Gasteiger partial charge in [-0.2, -0.15) is 4.39 Å². The Morgan fingerprint density at radius 1 is 1.21 bits per heavy atom. The van der Waals surface area contributed by atoms with Crippen LogP contribution in [-0.2, 0) is 15.1 Å². The summed E-state index contributed by atoms with van der Waals surface area (Å²) in [4.78, 5) is 11.4. The van der Waals surface area contributed by atoms with Gasteiger partial charge >= 0.3 is 5.91 Å². The molecule has 1 aromatic rings. The lowest BCUT2D eigenvalue weighted by molar-refractivity contribution is -0.498. The van der Waals surface area contributed by atoms with Crippen LogP contribution in [0.5, 0.6) is 0 Å². The molecule has 0 aromatic heterocycles. The summed E-state index contributed by atoms with van der Waals surface area (Å²) in [6.45, 7) is 0.486. The van der Waals surface area contributed by atoms with E-state index in [0.29, 0.717) is 18.6 Å². The third-order valence-electron chi connectivity index (χ3n) is 3.51. The maximum atomic E-state index is 14.0. The zero-order chi connectivity index (χ0) is 13.5. The number of hydrogen-bond acceptors (Lipinski definition) is 2. The van der Waals surface area contributed by atoms with E-state index in [1.807, 2.05) is 0 Å². The van der Waals surface area contributed by atoms with Crippen molar-refractivity contribution in [1.82, 2.24) is 0 Å². The Hall–Kier alpha value is -1.85. The van der Waals surface area contributed by atoms with Gasteiger partial charge in [0, 0.05) is 18.1 Å². The van der Waals surface area contributed by atoms with Gasteiger partial charge in [-0.15, -0.1) is 0 Å². The van der Waals surface area contributed by atoms with Crippen LogP contribution < -0.4 is 5.32 Å². The largest absolute Gasteiger partial charge is 0.376 e. The number of ether oxygens (including phenoxy) is 1. The quantitative estimate of drug-likeness (QED) is 0.874. The third-order valence-corrected chi connectivity index (χ3v) is 3.51. The molecular weight excluding hydrogens is 252 g/mol. The summed E-state index contributed by atoms with van der Waals surface area (Å²) in [6, 6.07) is 5.73. The first-order valence-electron chi connectivity index (χ1n) is 5.99. The predicted molar refractivity (Wildman–Crippen MR) is 62.9 cm³/mol. The lowest BCUT2D eigenvalue weighted by Crippen LogP contribution is -2.83. The molecule has 19 heavy (non-hydrogen) atoms. The fourth-order valence-electron chi connectivity index (χ4n) is 2.44. The number of nitrogens with two attached hydrogens (primary N) is 1. The second-order valence-electron chi connectivity index (χ2n) is 4.55. The van der Waals surface area contributed by atoms with Crippen LogP contribution in [0.3, 0.4) is 0 Å². The van der Waals surface area contributed by atoms with E-state index in [2.05, 4.69) is 0 Å². The van der Waals surface area contributed by atoms with Crippen molar-refractivity contribution >= 4 is 5.91 Å². The number of hydrogen-bond donors (Lipinski definition) is 1. The van der Waals surface area contributed by atoms with Gasteiger partial charge in [-0.3, -0.25) is 5.32 Å². The molecule has 1 amide bonds.